The number of hydrogen-bond donors (Lipinski definition) is 2. The fourth-order valence-corrected chi connectivity index (χ4v) is 2.41. The highest BCUT2D eigenvalue weighted by Crippen LogP contribution is 2.23. The Morgan fingerprint density at radius 3 is 2.60 bits per heavy atom. The summed E-state index contributed by atoms with van der Waals surface area (Å²) in [7, 11) is 1.55. The summed E-state index contributed by atoms with van der Waals surface area (Å²) in [5.74, 6) is 0.582. The van der Waals surface area contributed by atoms with Crippen molar-refractivity contribution in [2.45, 2.75) is 0 Å². The van der Waals surface area contributed by atoms with Crippen LogP contribution < -0.4 is 15.4 Å². The molecule has 2 N–H and O–H groups in total. The lowest BCUT2D eigenvalue weighted by Crippen LogP contribution is -2.15. The first-order valence-corrected chi connectivity index (χ1v) is 8.25. The van der Waals surface area contributed by atoms with E-state index in [1.165, 1.54) is 6.20 Å². The van der Waals surface area contributed by atoms with Crippen molar-refractivity contribution in [1.29, 1.82) is 0 Å². The van der Waals surface area contributed by atoms with Crippen LogP contribution in [-0.2, 0) is 0 Å². The maximum atomic E-state index is 12.4. The number of carbonyl (C=O) groups is 1. The van der Waals surface area contributed by atoms with Gasteiger partial charge in [-0.1, -0.05) is 28.1 Å². The summed E-state index contributed by atoms with van der Waals surface area (Å²) >= 11 is 3.38. The average molecular weight is 399 g/mol. The number of para-hydroxylation sites is 2. The minimum absolute atomic E-state index is 0.250. The maximum Gasteiger partial charge on any atom is 0.274 e. The highest BCUT2D eigenvalue weighted by Gasteiger charge is 2.12. The summed E-state index contributed by atoms with van der Waals surface area (Å²) in [4.78, 5) is 20.8. The van der Waals surface area contributed by atoms with Crippen LogP contribution in [0.2, 0.25) is 0 Å². The van der Waals surface area contributed by atoms with Crippen LogP contribution >= 0.6 is 15.9 Å². The van der Waals surface area contributed by atoms with Crippen LogP contribution in [0.15, 0.2) is 65.3 Å². The van der Waals surface area contributed by atoms with E-state index in [1.807, 2.05) is 36.4 Å². The van der Waals surface area contributed by atoms with E-state index in [0.29, 0.717) is 17.4 Å². The SMILES string of the molecule is COc1ccccc1NC(=O)c1ccnc(Nc2ccc(Br)cc2)n1. The molecule has 126 valence electrons. The lowest BCUT2D eigenvalue weighted by atomic mass is 10.2. The molecule has 0 aliphatic rings. The predicted molar refractivity (Wildman–Crippen MR) is 100 cm³/mol. The Kier molecular flexibility index (Phi) is 5.25. The summed E-state index contributed by atoms with van der Waals surface area (Å²) < 4.78 is 6.21. The van der Waals surface area contributed by atoms with Crippen LogP contribution in [-0.4, -0.2) is 23.0 Å². The number of hydrogen-bond acceptors (Lipinski definition) is 5. The van der Waals surface area contributed by atoms with E-state index >= 15 is 0 Å². The van der Waals surface area contributed by atoms with Crippen LogP contribution in [0.25, 0.3) is 0 Å². The zero-order valence-electron chi connectivity index (χ0n) is 13.4. The van der Waals surface area contributed by atoms with Gasteiger partial charge in [0.1, 0.15) is 11.4 Å². The zero-order chi connectivity index (χ0) is 17.6. The van der Waals surface area contributed by atoms with Gasteiger partial charge in [0.05, 0.1) is 12.8 Å². The lowest BCUT2D eigenvalue weighted by molar-refractivity contribution is 0.102. The van der Waals surface area contributed by atoms with Crippen LogP contribution in [0.5, 0.6) is 5.75 Å². The number of carbonyl (C=O) groups excluding carboxylic acids is 1. The van der Waals surface area contributed by atoms with Crippen molar-refractivity contribution in [3.63, 3.8) is 0 Å². The Morgan fingerprint density at radius 1 is 1.08 bits per heavy atom. The minimum atomic E-state index is -0.342. The second-order valence-electron chi connectivity index (χ2n) is 5.05. The fraction of sp³-hybridized carbons (Fsp3) is 0.0556. The predicted octanol–water partition coefficient (Wildman–Crippen LogP) is 4.24. The quantitative estimate of drug-likeness (QED) is 0.671. The average Bonchev–Trinajstić information content (AvgIpc) is 2.64. The van der Waals surface area contributed by atoms with E-state index in [4.69, 9.17) is 4.74 Å². The van der Waals surface area contributed by atoms with Gasteiger partial charge in [0.15, 0.2) is 0 Å². The number of anilines is 3. The zero-order valence-corrected chi connectivity index (χ0v) is 14.9. The number of benzene rings is 2. The summed E-state index contributed by atoms with van der Waals surface area (Å²) in [6.45, 7) is 0. The fourth-order valence-electron chi connectivity index (χ4n) is 2.14. The molecular formula is C18H15BrN4O2. The highest BCUT2D eigenvalue weighted by molar-refractivity contribution is 9.10. The first kappa shape index (κ1) is 16.9. The Morgan fingerprint density at radius 2 is 1.84 bits per heavy atom. The van der Waals surface area contributed by atoms with Gasteiger partial charge >= 0.3 is 0 Å². The van der Waals surface area contributed by atoms with Crippen molar-refractivity contribution in [3.8, 4) is 5.75 Å². The van der Waals surface area contributed by atoms with Crippen molar-refractivity contribution < 1.29 is 9.53 Å². The van der Waals surface area contributed by atoms with Gasteiger partial charge in [0.2, 0.25) is 5.95 Å². The van der Waals surface area contributed by atoms with E-state index in [9.17, 15) is 4.79 Å². The Labute approximate surface area is 153 Å². The number of nitrogens with zero attached hydrogens (tertiary/aromatic N) is 2. The molecule has 0 atom stereocenters. The molecule has 2 aromatic carbocycles. The maximum absolute atomic E-state index is 12.4. The third-order valence-electron chi connectivity index (χ3n) is 3.34. The van der Waals surface area contributed by atoms with Crippen molar-refractivity contribution >= 4 is 39.2 Å². The Balaban J connectivity index is 1.76. The summed E-state index contributed by atoms with van der Waals surface area (Å²) in [5.41, 5.74) is 1.65. The van der Waals surface area contributed by atoms with Crippen LogP contribution in [0.1, 0.15) is 10.5 Å². The third-order valence-corrected chi connectivity index (χ3v) is 3.87. The molecule has 1 amide bonds. The number of halogens is 1. The van der Waals surface area contributed by atoms with Crippen LogP contribution in [0, 0.1) is 0 Å². The Bertz CT molecular complexity index is 884. The summed E-state index contributed by atoms with van der Waals surface area (Å²) in [6, 6.07) is 16.3. The second kappa shape index (κ2) is 7.76. The molecule has 25 heavy (non-hydrogen) atoms. The molecule has 0 fully saturated rings. The largest absolute Gasteiger partial charge is 0.495 e. The van der Waals surface area contributed by atoms with Crippen molar-refractivity contribution in [2.75, 3.05) is 17.7 Å². The van der Waals surface area contributed by atoms with E-state index in [2.05, 4.69) is 36.5 Å². The molecule has 7 heteroatoms. The van der Waals surface area contributed by atoms with Crippen LogP contribution in [0.4, 0.5) is 17.3 Å². The topological polar surface area (TPSA) is 76.1 Å². The molecule has 1 aromatic heterocycles. The number of ether oxygens (including phenoxy) is 1. The highest BCUT2D eigenvalue weighted by atomic mass is 79.9. The van der Waals surface area contributed by atoms with Gasteiger partial charge < -0.3 is 15.4 Å². The molecular weight excluding hydrogens is 384 g/mol. The number of rotatable bonds is 5. The molecule has 3 rings (SSSR count). The molecule has 1 heterocycles. The number of aromatic nitrogens is 2. The van der Waals surface area contributed by atoms with E-state index in [-0.39, 0.29) is 11.6 Å². The number of amides is 1. The molecule has 0 spiro atoms. The van der Waals surface area contributed by atoms with Crippen molar-refractivity contribution in [2.24, 2.45) is 0 Å². The monoisotopic (exact) mass is 398 g/mol. The van der Waals surface area contributed by atoms with E-state index < -0.39 is 0 Å². The standard InChI is InChI=1S/C18H15BrN4O2/c1-25-16-5-3-2-4-14(16)22-17(24)15-10-11-20-18(23-15)21-13-8-6-12(19)7-9-13/h2-11H,1H3,(H,22,24)(H,20,21,23). The number of methoxy groups -OCH3 is 1. The molecule has 0 saturated carbocycles. The van der Waals surface area contributed by atoms with E-state index in [0.717, 1.165) is 10.2 Å². The van der Waals surface area contributed by atoms with Gasteiger partial charge in [-0.25, -0.2) is 9.97 Å². The van der Waals surface area contributed by atoms with Crippen molar-refractivity contribution in [1.82, 2.24) is 9.97 Å². The van der Waals surface area contributed by atoms with Gasteiger partial charge in [0, 0.05) is 16.4 Å². The van der Waals surface area contributed by atoms with Gasteiger partial charge in [-0.05, 0) is 42.5 Å². The molecule has 0 unspecified atom stereocenters. The molecule has 0 saturated heterocycles. The minimum Gasteiger partial charge on any atom is -0.495 e. The summed E-state index contributed by atoms with van der Waals surface area (Å²) in [5, 5.41) is 5.85. The molecule has 0 aliphatic carbocycles. The Hall–Kier alpha value is -2.93. The van der Waals surface area contributed by atoms with Crippen LogP contribution in [0.3, 0.4) is 0 Å². The molecule has 6 nitrogen and oxygen atoms in total. The second-order valence-corrected chi connectivity index (χ2v) is 5.97. The smallest absolute Gasteiger partial charge is 0.274 e. The number of nitrogens with one attached hydrogen (secondary N) is 2. The summed E-state index contributed by atoms with van der Waals surface area (Å²) in [6.07, 6.45) is 1.53. The third kappa shape index (κ3) is 4.33. The molecule has 3 aromatic rings. The lowest BCUT2D eigenvalue weighted by Gasteiger charge is -2.10. The first-order chi connectivity index (χ1) is 12.2. The molecule has 0 aliphatic heterocycles. The van der Waals surface area contributed by atoms with Gasteiger partial charge in [-0.15, -0.1) is 0 Å². The van der Waals surface area contributed by atoms with Crippen molar-refractivity contribution in [3.05, 3.63) is 71.0 Å². The van der Waals surface area contributed by atoms with E-state index in [1.54, 1.807) is 25.3 Å². The first-order valence-electron chi connectivity index (χ1n) is 7.46. The van der Waals surface area contributed by atoms with Gasteiger partial charge in [-0.2, -0.15) is 0 Å². The molecule has 0 bridgehead atoms. The van der Waals surface area contributed by atoms with Gasteiger partial charge in [-0.3, -0.25) is 4.79 Å². The molecule has 0 radical (unpaired) electrons. The normalized spacial score (nSPS) is 10.2. The van der Waals surface area contributed by atoms with Gasteiger partial charge in [0.25, 0.3) is 5.91 Å².